The molecule has 3 fully saturated rings. The Hall–Kier alpha value is -4.60. The predicted octanol–water partition coefficient (Wildman–Crippen LogP) is 3.83. The summed E-state index contributed by atoms with van der Waals surface area (Å²) in [5.41, 5.74) is -1.33. The highest BCUT2D eigenvalue weighted by atomic mass is 32.2. The molecule has 5 atom stereocenters. The summed E-state index contributed by atoms with van der Waals surface area (Å²) in [7, 11) is -3.92. The zero-order valence-corrected chi connectivity index (χ0v) is 31.0. The second-order valence-electron chi connectivity index (χ2n) is 15.3. The fraction of sp³-hybridized carbons (Fsp3) is 0.568. The molecule has 0 spiro atoms. The molecule has 16 heteroatoms. The van der Waals surface area contributed by atoms with Gasteiger partial charge in [0.1, 0.15) is 23.6 Å². The average Bonchev–Trinajstić information content (AvgIpc) is 3.97. The third-order valence-corrected chi connectivity index (χ3v) is 11.9. The third kappa shape index (κ3) is 9.32. The van der Waals surface area contributed by atoms with Crippen molar-refractivity contribution in [1.29, 1.82) is 0 Å². The van der Waals surface area contributed by atoms with Crippen molar-refractivity contribution in [3.05, 3.63) is 60.5 Å². The molecular weight excluding hydrogens is 711 g/mol. The molecule has 2 heterocycles. The minimum absolute atomic E-state index is 0.0129. The van der Waals surface area contributed by atoms with E-state index in [-0.39, 0.29) is 57.5 Å². The number of carbonyl (C=O) groups excluding carboxylic acids is 6. The van der Waals surface area contributed by atoms with Gasteiger partial charge in [0.2, 0.25) is 21.8 Å². The second-order valence-corrected chi connectivity index (χ2v) is 17.2. The van der Waals surface area contributed by atoms with Crippen LogP contribution in [0.15, 0.2) is 43.5 Å². The summed E-state index contributed by atoms with van der Waals surface area (Å²) in [6, 6.07) is 2.05. The van der Waals surface area contributed by atoms with Crippen molar-refractivity contribution in [2.75, 3.05) is 6.54 Å². The molecule has 1 saturated heterocycles. The highest BCUT2D eigenvalue weighted by Gasteiger charge is 2.61. The highest BCUT2D eigenvalue weighted by Crippen LogP contribution is 2.57. The van der Waals surface area contributed by atoms with Gasteiger partial charge in [0.05, 0.1) is 29.8 Å². The molecule has 2 saturated carbocycles. The highest BCUT2D eigenvalue weighted by molar-refractivity contribution is 7.90. The van der Waals surface area contributed by atoms with Gasteiger partial charge in [0, 0.05) is 31.4 Å². The number of ether oxygens (including phenoxy) is 2. The van der Waals surface area contributed by atoms with Crippen LogP contribution in [0.2, 0.25) is 0 Å². The Morgan fingerprint density at radius 1 is 1.11 bits per heavy atom. The fourth-order valence-electron chi connectivity index (χ4n) is 6.96. The molecular formula is C37H47FN4O10S. The van der Waals surface area contributed by atoms with Crippen LogP contribution >= 0.6 is 0 Å². The minimum Gasteiger partial charge on any atom is -0.444 e. The zero-order valence-electron chi connectivity index (χ0n) is 30.2. The van der Waals surface area contributed by atoms with Crippen molar-refractivity contribution >= 4 is 45.6 Å². The Balaban J connectivity index is 1.38. The lowest BCUT2D eigenvalue weighted by Gasteiger charge is -2.30. The topological polar surface area (TPSA) is 186 Å². The predicted molar refractivity (Wildman–Crippen MR) is 189 cm³/mol. The van der Waals surface area contributed by atoms with Gasteiger partial charge < -0.3 is 19.7 Å². The summed E-state index contributed by atoms with van der Waals surface area (Å²) in [5.74, 6) is -3.33. The van der Waals surface area contributed by atoms with Crippen LogP contribution in [0.4, 0.5) is 14.0 Å². The van der Waals surface area contributed by atoms with E-state index in [0.29, 0.717) is 24.0 Å². The van der Waals surface area contributed by atoms with Gasteiger partial charge in [-0.05, 0) is 76.5 Å². The molecule has 0 aromatic heterocycles. The van der Waals surface area contributed by atoms with E-state index in [1.54, 1.807) is 32.9 Å². The van der Waals surface area contributed by atoms with E-state index in [1.807, 2.05) is 0 Å². The molecule has 14 nitrogen and oxygen atoms in total. The molecule has 0 bridgehead atoms. The molecule has 4 aliphatic rings. The number of sulfonamides is 1. The first-order valence-corrected chi connectivity index (χ1v) is 19.3. The number of carbonyl (C=O) groups is 6. The largest absolute Gasteiger partial charge is 0.444 e. The number of hydrogen-bond donors (Lipinski definition) is 2. The molecule has 2 N–H and O–H groups in total. The lowest BCUT2D eigenvalue weighted by Crippen LogP contribution is -2.53. The lowest BCUT2D eigenvalue weighted by molar-refractivity contribution is -0.140. The smallest absolute Gasteiger partial charge is 0.410 e. The van der Waals surface area contributed by atoms with Crippen LogP contribution in [0, 0.1) is 17.2 Å². The number of nitrogens with zero attached hydrogens (tertiary/aromatic N) is 2. The number of likely N-dealkylation sites (tertiary alicyclic amines) is 1. The Morgan fingerprint density at radius 3 is 2.43 bits per heavy atom. The molecule has 1 aromatic carbocycles. The Bertz CT molecular complexity index is 1810. The first-order chi connectivity index (χ1) is 24.9. The number of amides is 4. The van der Waals surface area contributed by atoms with Crippen LogP contribution in [0.1, 0.15) is 83.3 Å². The van der Waals surface area contributed by atoms with Crippen molar-refractivity contribution in [2.45, 2.75) is 114 Å². The van der Waals surface area contributed by atoms with Crippen LogP contribution in [-0.2, 0) is 51.8 Å². The van der Waals surface area contributed by atoms with Gasteiger partial charge in [-0.1, -0.05) is 24.8 Å². The van der Waals surface area contributed by atoms with E-state index in [4.69, 9.17) is 9.47 Å². The number of nitrogens with one attached hydrogen (secondary N) is 2. The van der Waals surface area contributed by atoms with Crippen molar-refractivity contribution in [2.24, 2.45) is 11.3 Å². The van der Waals surface area contributed by atoms with Crippen molar-refractivity contribution in [3.8, 4) is 0 Å². The molecule has 2 aliphatic heterocycles. The summed E-state index contributed by atoms with van der Waals surface area (Å²) in [6.45, 7) is 11.9. The SMILES string of the molecule is C=CC(=O)CCC[C@H](NC(=O)OC(C)(C)C)C(=O)N1C[C@H](OC(=O)N2Cc3cccc(F)c3C2)CC1C(=O)C[C@]1(C(=O)NS(=O)(=O)C2CC2)C[C@H]1C=C. The average molecular weight is 759 g/mol. The standard InChI is InChI=1S/C37H47FN4O10S/c1-6-23-17-37(23,33(46)40-53(49,50)26-14-15-26)18-31(44)30-16-25(51-35(48)41-19-22-10-8-12-28(38)27(22)21-41)20-42(30)32(45)29(13-9-11-24(43)7-2)39-34(47)52-36(3,4)5/h6-8,10,12,23,25-26,29-30H,1-2,9,11,13-21H2,3-5H3,(H,39,47)(H,40,46)/t23-,25-,29+,30?,37-/m1/s1. The van der Waals surface area contributed by atoms with E-state index in [2.05, 4.69) is 23.2 Å². The lowest BCUT2D eigenvalue weighted by atomic mass is 9.91. The van der Waals surface area contributed by atoms with Crippen LogP contribution < -0.4 is 10.0 Å². The summed E-state index contributed by atoms with van der Waals surface area (Å²) in [5, 5.41) is 1.89. The number of hydrogen-bond acceptors (Lipinski definition) is 10. The number of ketones is 2. The number of Topliss-reactive ketones (excluding diaryl/α,β-unsaturated/α-hetero) is 1. The van der Waals surface area contributed by atoms with E-state index >= 15 is 0 Å². The Labute approximate surface area is 308 Å². The number of allylic oxidation sites excluding steroid dienone is 2. The van der Waals surface area contributed by atoms with E-state index < -0.39 is 92.4 Å². The van der Waals surface area contributed by atoms with Crippen LogP contribution in [0.3, 0.4) is 0 Å². The number of benzene rings is 1. The van der Waals surface area contributed by atoms with Gasteiger partial charge in [0.25, 0.3) is 0 Å². The van der Waals surface area contributed by atoms with Gasteiger partial charge in [-0.2, -0.15) is 0 Å². The monoisotopic (exact) mass is 758 g/mol. The molecule has 53 heavy (non-hydrogen) atoms. The zero-order chi connectivity index (χ0) is 38.9. The first-order valence-electron chi connectivity index (χ1n) is 17.8. The maximum atomic E-state index is 14.4. The molecule has 2 aliphatic carbocycles. The first kappa shape index (κ1) is 39.6. The normalized spacial score (nSPS) is 24.0. The van der Waals surface area contributed by atoms with Crippen molar-refractivity contribution < 1.29 is 51.0 Å². The summed E-state index contributed by atoms with van der Waals surface area (Å²) < 4.78 is 53.0. The van der Waals surface area contributed by atoms with Gasteiger partial charge in [-0.25, -0.2) is 22.4 Å². The van der Waals surface area contributed by atoms with Gasteiger partial charge in [-0.3, -0.25) is 28.8 Å². The van der Waals surface area contributed by atoms with Crippen LogP contribution in [0.25, 0.3) is 0 Å². The second kappa shape index (κ2) is 15.4. The molecule has 0 radical (unpaired) electrons. The van der Waals surface area contributed by atoms with Crippen LogP contribution in [0.5, 0.6) is 0 Å². The Morgan fingerprint density at radius 2 is 1.83 bits per heavy atom. The molecule has 288 valence electrons. The molecule has 4 amide bonds. The number of fused-ring (bicyclic) bond motifs is 1. The van der Waals surface area contributed by atoms with Gasteiger partial charge in [-0.15, -0.1) is 6.58 Å². The van der Waals surface area contributed by atoms with Crippen molar-refractivity contribution in [1.82, 2.24) is 19.8 Å². The summed E-state index contributed by atoms with van der Waals surface area (Å²) in [6.07, 6.45) is 0.575. The van der Waals surface area contributed by atoms with E-state index in [9.17, 15) is 41.6 Å². The number of rotatable bonds is 15. The van der Waals surface area contributed by atoms with Crippen LogP contribution in [-0.4, -0.2) is 89.4 Å². The molecule has 5 rings (SSSR count). The fourth-order valence-corrected chi connectivity index (χ4v) is 8.34. The minimum atomic E-state index is -3.92. The van der Waals surface area contributed by atoms with Crippen molar-refractivity contribution in [3.63, 3.8) is 0 Å². The van der Waals surface area contributed by atoms with E-state index in [0.717, 1.165) is 6.08 Å². The number of alkyl carbamates (subject to hydrolysis) is 1. The van der Waals surface area contributed by atoms with Gasteiger partial charge in [0.15, 0.2) is 11.6 Å². The summed E-state index contributed by atoms with van der Waals surface area (Å²) >= 11 is 0. The summed E-state index contributed by atoms with van der Waals surface area (Å²) in [4.78, 5) is 82.7. The number of halogens is 1. The maximum absolute atomic E-state index is 14.4. The third-order valence-electron chi connectivity index (χ3n) is 10.1. The Kier molecular flexibility index (Phi) is 11.5. The molecule has 1 unspecified atom stereocenters. The van der Waals surface area contributed by atoms with Gasteiger partial charge >= 0.3 is 12.2 Å². The maximum Gasteiger partial charge on any atom is 0.410 e. The van der Waals surface area contributed by atoms with E-state index in [1.165, 1.54) is 21.9 Å². The molecule has 1 aromatic rings. The quantitative estimate of drug-likeness (QED) is 0.197.